The third-order valence-corrected chi connectivity index (χ3v) is 6.10. The summed E-state index contributed by atoms with van der Waals surface area (Å²) in [5.74, 6) is 1.23. The predicted molar refractivity (Wildman–Crippen MR) is 123 cm³/mol. The van der Waals surface area contributed by atoms with Crippen LogP contribution in [0.1, 0.15) is 68.8 Å². The fraction of sp³-hybridized carbons (Fsp3) is 0.577. The lowest BCUT2D eigenvalue weighted by Gasteiger charge is -2.24. The maximum absolute atomic E-state index is 12.1. The van der Waals surface area contributed by atoms with Crippen molar-refractivity contribution in [2.24, 2.45) is 0 Å². The summed E-state index contributed by atoms with van der Waals surface area (Å²) in [5.41, 5.74) is 3.80. The van der Waals surface area contributed by atoms with Crippen molar-refractivity contribution in [3.05, 3.63) is 53.3 Å². The molecule has 3 rings (SSSR count). The average Bonchev–Trinajstić information content (AvgIpc) is 3.16. The number of nitrogens with zero attached hydrogens (tertiary/aromatic N) is 1. The molecule has 1 aliphatic carbocycles. The largest absolute Gasteiger partial charge is 0.492 e. The van der Waals surface area contributed by atoms with Crippen molar-refractivity contribution >= 4 is 5.97 Å². The monoisotopic (exact) mass is 427 g/mol. The van der Waals surface area contributed by atoms with Gasteiger partial charge >= 0.3 is 5.97 Å². The van der Waals surface area contributed by atoms with Crippen LogP contribution in [0.2, 0.25) is 0 Å². The van der Waals surface area contributed by atoms with Crippen LogP contribution in [0.3, 0.4) is 0 Å². The second-order valence-electron chi connectivity index (χ2n) is 8.28. The molecule has 1 fully saturated rings. The van der Waals surface area contributed by atoms with Gasteiger partial charge in [0.15, 0.2) is 6.10 Å². The van der Waals surface area contributed by atoms with Gasteiger partial charge in [0.1, 0.15) is 12.4 Å². The summed E-state index contributed by atoms with van der Waals surface area (Å²) in [6.07, 6.45) is 6.61. The summed E-state index contributed by atoms with van der Waals surface area (Å²) in [6.45, 7) is 8.21. The first-order valence-corrected chi connectivity index (χ1v) is 11.8. The Morgan fingerprint density at radius 2 is 1.77 bits per heavy atom. The maximum atomic E-state index is 12.1. The van der Waals surface area contributed by atoms with E-state index in [2.05, 4.69) is 23.6 Å². The minimum Gasteiger partial charge on any atom is -0.492 e. The average molecular weight is 428 g/mol. The molecule has 1 heterocycles. The molecule has 1 aromatic heterocycles. The van der Waals surface area contributed by atoms with E-state index in [0.29, 0.717) is 32.2 Å². The van der Waals surface area contributed by atoms with Crippen LogP contribution in [0, 0.1) is 6.92 Å². The number of aryl methyl sites for hydroxylation is 1. The standard InChI is InChI=1S/C26H37NO4/c1-4-29-25(26(28)30-5-2)19-21-12-14-23(15-13-21)31-18-17-27-20(3)11-16-24(27)22-9-7-6-8-10-22/h11-16,22,25H,4-10,17-19H2,1-3H3. The topological polar surface area (TPSA) is 49.7 Å². The van der Waals surface area contributed by atoms with E-state index in [1.807, 2.05) is 31.2 Å². The highest BCUT2D eigenvalue weighted by Gasteiger charge is 2.21. The zero-order valence-electron chi connectivity index (χ0n) is 19.3. The van der Waals surface area contributed by atoms with Crippen LogP contribution in [-0.4, -0.2) is 36.5 Å². The van der Waals surface area contributed by atoms with E-state index in [1.54, 1.807) is 6.92 Å². The van der Waals surface area contributed by atoms with Crippen LogP contribution in [-0.2, 0) is 27.2 Å². The van der Waals surface area contributed by atoms with Crippen molar-refractivity contribution in [2.75, 3.05) is 19.8 Å². The molecule has 170 valence electrons. The Kier molecular flexibility index (Phi) is 9.01. The number of rotatable bonds is 11. The number of ether oxygens (including phenoxy) is 3. The van der Waals surface area contributed by atoms with Crippen molar-refractivity contribution in [1.29, 1.82) is 0 Å². The van der Waals surface area contributed by atoms with Gasteiger partial charge in [-0.3, -0.25) is 0 Å². The Morgan fingerprint density at radius 1 is 1.03 bits per heavy atom. The van der Waals surface area contributed by atoms with Crippen molar-refractivity contribution in [3.8, 4) is 5.75 Å². The lowest BCUT2D eigenvalue weighted by molar-refractivity contribution is -0.156. The third-order valence-electron chi connectivity index (χ3n) is 6.10. The van der Waals surface area contributed by atoms with Crippen LogP contribution in [0.25, 0.3) is 0 Å². The molecule has 5 heteroatoms. The number of carbonyl (C=O) groups excluding carboxylic acids is 1. The molecular formula is C26H37NO4. The van der Waals surface area contributed by atoms with Gasteiger partial charge in [-0.2, -0.15) is 0 Å². The molecule has 1 aromatic carbocycles. The van der Waals surface area contributed by atoms with Gasteiger partial charge in [0, 0.05) is 24.4 Å². The zero-order chi connectivity index (χ0) is 22.1. The third kappa shape index (κ3) is 6.60. The van der Waals surface area contributed by atoms with E-state index >= 15 is 0 Å². The van der Waals surface area contributed by atoms with Gasteiger partial charge in [0.25, 0.3) is 0 Å². The van der Waals surface area contributed by atoms with Crippen LogP contribution in [0.5, 0.6) is 5.75 Å². The zero-order valence-corrected chi connectivity index (χ0v) is 19.3. The molecule has 0 saturated heterocycles. The quantitative estimate of drug-likeness (QED) is 0.449. The van der Waals surface area contributed by atoms with Gasteiger partial charge in [-0.25, -0.2) is 4.79 Å². The highest BCUT2D eigenvalue weighted by atomic mass is 16.6. The molecular weight excluding hydrogens is 390 g/mol. The highest BCUT2D eigenvalue weighted by Crippen LogP contribution is 2.33. The SMILES string of the molecule is CCOC(=O)C(Cc1ccc(OCCn2c(C)ccc2C2CCCCC2)cc1)OCC. The molecule has 0 spiro atoms. The molecule has 31 heavy (non-hydrogen) atoms. The lowest BCUT2D eigenvalue weighted by atomic mass is 9.87. The fourth-order valence-corrected chi connectivity index (χ4v) is 4.49. The molecule has 1 saturated carbocycles. The first kappa shape index (κ1) is 23.4. The Hall–Kier alpha value is -2.27. The van der Waals surface area contributed by atoms with Crippen molar-refractivity contribution in [1.82, 2.24) is 4.57 Å². The number of hydrogen-bond acceptors (Lipinski definition) is 4. The van der Waals surface area contributed by atoms with Gasteiger partial charge in [0.2, 0.25) is 0 Å². The number of benzene rings is 1. The number of carbonyl (C=O) groups is 1. The van der Waals surface area contributed by atoms with Crippen LogP contribution < -0.4 is 4.74 Å². The minimum absolute atomic E-state index is 0.305. The van der Waals surface area contributed by atoms with Gasteiger partial charge in [-0.05, 0) is 69.4 Å². The first-order chi connectivity index (χ1) is 15.1. The summed E-state index contributed by atoms with van der Waals surface area (Å²) in [6, 6.07) is 12.5. The summed E-state index contributed by atoms with van der Waals surface area (Å²) >= 11 is 0. The Labute approximate surface area is 186 Å². The summed E-state index contributed by atoms with van der Waals surface area (Å²) in [5, 5.41) is 0. The summed E-state index contributed by atoms with van der Waals surface area (Å²) in [7, 11) is 0. The number of aromatic nitrogens is 1. The molecule has 0 bridgehead atoms. The van der Waals surface area contributed by atoms with Gasteiger partial charge in [0.05, 0.1) is 13.2 Å². The molecule has 0 amide bonds. The van der Waals surface area contributed by atoms with E-state index < -0.39 is 6.10 Å². The molecule has 1 unspecified atom stereocenters. The van der Waals surface area contributed by atoms with E-state index in [-0.39, 0.29) is 5.97 Å². The van der Waals surface area contributed by atoms with Crippen LogP contribution in [0.15, 0.2) is 36.4 Å². The molecule has 0 N–H and O–H groups in total. The van der Waals surface area contributed by atoms with Crippen LogP contribution >= 0.6 is 0 Å². The number of esters is 1. The van der Waals surface area contributed by atoms with E-state index in [0.717, 1.165) is 17.9 Å². The maximum Gasteiger partial charge on any atom is 0.335 e. The second-order valence-corrected chi connectivity index (χ2v) is 8.28. The Morgan fingerprint density at radius 3 is 2.45 bits per heavy atom. The molecule has 5 nitrogen and oxygen atoms in total. The van der Waals surface area contributed by atoms with E-state index in [4.69, 9.17) is 14.2 Å². The minimum atomic E-state index is -0.563. The Balaban J connectivity index is 1.53. The van der Waals surface area contributed by atoms with Gasteiger partial charge in [-0.1, -0.05) is 31.4 Å². The predicted octanol–water partition coefficient (Wildman–Crippen LogP) is 5.43. The summed E-state index contributed by atoms with van der Waals surface area (Å²) in [4.78, 5) is 12.1. The van der Waals surface area contributed by atoms with Crippen molar-refractivity contribution < 1.29 is 19.0 Å². The first-order valence-electron chi connectivity index (χ1n) is 11.8. The van der Waals surface area contributed by atoms with Crippen molar-refractivity contribution in [3.63, 3.8) is 0 Å². The lowest BCUT2D eigenvalue weighted by Crippen LogP contribution is -2.28. The Bertz CT molecular complexity index is 805. The fourth-order valence-electron chi connectivity index (χ4n) is 4.49. The molecule has 2 aromatic rings. The molecule has 1 aliphatic rings. The van der Waals surface area contributed by atoms with Gasteiger partial charge in [-0.15, -0.1) is 0 Å². The normalized spacial score (nSPS) is 15.6. The summed E-state index contributed by atoms with van der Waals surface area (Å²) < 4.78 is 19.1. The number of hydrogen-bond donors (Lipinski definition) is 0. The molecule has 0 aliphatic heterocycles. The second kappa shape index (κ2) is 11.9. The smallest absolute Gasteiger partial charge is 0.335 e. The highest BCUT2D eigenvalue weighted by molar-refractivity contribution is 5.75. The van der Waals surface area contributed by atoms with Crippen molar-refractivity contribution in [2.45, 2.75) is 77.9 Å². The molecule has 1 atom stereocenters. The molecule has 0 radical (unpaired) electrons. The van der Waals surface area contributed by atoms with E-state index in [9.17, 15) is 4.79 Å². The van der Waals surface area contributed by atoms with Gasteiger partial charge < -0.3 is 18.8 Å². The van der Waals surface area contributed by atoms with Crippen LogP contribution in [0.4, 0.5) is 0 Å². The van der Waals surface area contributed by atoms with E-state index in [1.165, 1.54) is 43.5 Å².